The van der Waals surface area contributed by atoms with Crippen molar-refractivity contribution in [3.8, 4) is 0 Å². The first-order valence-electron chi connectivity index (χ1n) is 11.1. The van der Waals surface area contributed by atoms with Gasteiger partial charge in [0.1, 0.15) is 5.00 Å². The largest absolute Gasteiger partial charge is 0.486 e. The van der Waals surface area contributed by atoms with Crippen LogP contribution in [0.4, 0.5) is 5.00 Å². The van der Waals surface area contributed by atoms with E-state index in [0.717, 1.165) is 60.5 Å². The Balaban J connectivity index is 1.39. The van der Waals surface area contributed by atoms with Crippen LogP contribution in [0.5, 0.6) is 0 Å². The third-order valence-corrected chi connectivity index (χ3v) is 8.20. The van der Waals surface area contributed by atoms with Gasteiger partial charge in [0, 0.05) is 23.8 Å². The Kier molecular flexibility index (Phi) is 6.52. The van der Waals surface area contributed by atoms with E-state index in [1.54, 1.807) is 11.8 Å². The third-order valence-electron chi connectivity index (χ3n) is 5.91. The van der Waals surface area contributed by atoms with Gasteiger partial charge in [0.05, 0.1) is 23.2 Å². The lowest BCUT2D eigenvalue weighted by molar-refractivity contribution is -0.115. The van der Waals surface area contributed by atoms with Gasteiger partial charge in [0.2, 0.25) is 0 Å². The zero-order valence-electron chi connectivity index (χ0n) is 17.8. The number of carbonyl (C=O) groups excluding carboxylic acids is 2. The highest BCUT2D eigenvalue weighted by Crippen LogP contribution is 2.40. The molecule has 0 radical (unpaired) electrons. The van der Waals surface area contributed by atoms with Gasteiger partial charge in [-0.2, -0.15) is 0 Å². The Labute approximate surface area is 195 Å². The lowest BCUT2D eigenvalue weighted by atomic mass is 10.1. The minimum atomic E-state index is -0.302. The smallest absolute Gasteiger partial charge is 0.292 e. The van der Waals surface area contributed by atoms with Crippen LogP contribution >= 0.6 is 23.1 Å². The molecular formula is C24H26N2O4S2. The zero-order valence-corrected chi connectivity index (χ0v) is 19.4. The third kappa shape index (κ3) is 4.44. The van der Waals surface area contributed by atoms with Gasteiger partial charge in [-0.15, -0.1) is 23.1 Å². The van der Waals surface area contributed by atoms with E-state index < -0.39 is 0 Å². The van der Waals surface area contributed by atoms with E-state index >= 15 is 0 Å². The number of hydrogen-bond donors (Lipinski definition) is 2. The summed E-state index contributed by atoms with van der Waals surface area (Å²) in [7, 11) is 0. The van der Waals surface area contributed by atoms with Crippen LogP contribution < -0.4 is 10.6 Å². The molecule has 2 amide bonds. The molecule has 3 aliphatic rings. The predicted molar refractivity (Wildman–Crippen MR) is 128 cm³/mol. The molecule has 1 fully saturated rings. The highest BCUT2D eigenvalue weighted by atomic mass is 32.2. The monoisotopic (exact) mass is 470 g/mol. The fourth-order valence-corrected chi connectivity index (χ4v) is 6.62. The Morgan fingerprint density at radius 2 is 1.94 bits per heavy atom. The molecule has 3 heterocycles. The second-order valence-electron chi connectivity index (χ2n) is 8.08. The number of hydrogen-bond acceptors (Lipinski definition) is 6. The molecule has 0 saturated carbocycles. The Morgan fingerprint density at radius 1 is 1.06 bits per heavy atom. The summed E-state index contributed by atoms with van der Waals surface area (Å²) in [5.41, 5.74) is 2.65. The fraction of sp³-hybridized carbons (Fsp3) is 0.417. The summed E-state index contributed by atoms with van der Waals surface area (Å²) in [6, 6.07) is 9.81. The number of thiophene rings is 1. The molecule has 1 saturated heterocycles. The summed E-state index contributed by atoms with van der Waals surface area (Å²) < 4.78 is 11.4. The molecule has 0 spiro atoms. The second-order valence-corrected chi connectivity index (χ2v) is 10.3. The molecule has 0 bridgehead atoms. The van der Waals surface area contributed by atoms with E-state index in [2.05, 4.69) is 10.6 Å². The minimum absolute atomic E-state index is 0.0786. The molecule has 2 N–H and O–H groups in total. The molecule has 168 valence electrons. The number of rotatable bonds is 6. The summed E-state index contributed by atoms with van der Waals surface area (Å²) in [5.74, 6) is 0.688. The van der Waals surface area contributed by atoms with Gasteiger partial charge in [-0.1, -0.05) is 30.3 Å². The summed E-state index contributed by atoms with van der Waals surface area (Å²) in [6.07, 6.45) is 4.95. The minimum Gasteiger partial charge on any atom is -0.486 e. The molecular weight excluding hydrogens is 444 g/mol. The summed E-state index contributed by atoms with van der Waals surface area (Å²) in [6.45, 7) is 1.74. The molecule has 1 aliphatic carbocycles. The van der Waals surface area contributed by atoms with Gasteiger partial charge in [0.15, 0.2) is 5.76 Å². The molecule has 5 rings (SSSR count). The van der Waals surface area contributed by atoms with Crippen LogP contribution in [0.15, 0.2) is 36.1 Å². The van der Waals surface area contributed by atoms with E-state index in [-0.39, 0.29) is 17.9 Å². The van der Waals surface area contributed by atoms with Gasteiger partial charge in [-0.3, -0.25) is 9.59 Å². The number of nitrogens with one attached hydrogen (secondary N) is 2. The van der Waals surface area contributed by atoms with Crippen molar-refractivity contribution >= 4 is 44.8 Å². The fourth-order valence-electron chi connectivity index (χ4n) is 4.38. The Morgan fingerprint density at radius 3 is 2.75 bits per heavy atom. The predicted octanol–water partition coefficient (Wildman–Crippen LogP) is 4.22. The first kappa shape index (κ1) is 21.6. The standard InChI is InChI=1S/C24H26N2O4S2/c27-22(25-14-16-8-5-11-29-16)19-17-9-4-10-18(17)32-24(19)26-23(28)20-21(31-13-12-30-20)15-6-2-1-3-7-15/h1-3,6-7,16H,4-5,8-14H2,(H,25,27)(H,26,28). The number of ether oxygens (including phenoxy) is 2. The van der Waals surface area contributed by atoms with E-state index in [4.69, 9.17) is 9.47 Å². The van der Waals surface area contributed by atoms with Gasteiger partial charge in [-0.05, 0) is 43.2 Å². The number of benzene rings is 1. The van der Waals surface area contributed by atoms with Crippen LogP contribution in [0.1, 0.15) is 45.6 Å². The van der Waals surface area contributed by atoms with Crippen LogP contribution in [0.3, 0.4) is 0 Å². The number of carbonyl (C=O) groups is 2. The van der Waals surface area contributed by atoms with E-state index in [0.29, 0.717) is 29.5 Å². The lowest BCUT2D eigenvalue weighted by Crippen LogP contribution is -2.32. The molecule has 32 heavy (non-hydrogen) atoms. The Bertz CT molecular complexity index is 1040. The summed E-state index contributed by atoms with van der Waals surface area (Å²) in [4.78, 5) is 28.4. The molecule has 2 aromatic rings. The summed E-state index contributed by atoms with van der Waals surface area (Å²) >= 11 is 3.14. The maximum Gasteiger partial charge on any atom is 0.292 e. The maximum absolute atomic E-state index is 13.3. The highest BCUT2D eigenvalue weighted by Gasteiger charge is 2.30. The van der Waals surface area contributed by atoms with Crippen molar-refractivity contribution in [3.05, 3.63) is 57.7 Å². The lowest BCUT2D eigenvalue weighted by Gasteiger charge is -2.20. The van der Waals surface area contributed by atoms with Crippen LogP contribution in [0.25, 0.3) is 4.91 Å². The van der Waals surface area contributed by atoms with Gasteiger partial charge in [0.25, 0.3) is 11.8 Å². The zero-order chi connectivity index (χ0) is 21.9. The average molecular weight is 471 g/mol. The van der Waals surface area contributed by atoms with Crippen LogP contribution in [-0.2, 0) is 27.1 Å². The SMILES string of the molecule is O=C(Nc1sc2c(c1C(=O)NCC1CCCO1)CCC2)C1=C(c2ccccc2)SCCO1. The van der Waals surface area contributed by atoms with Crippen molar-refractivity contribution in [2.75, 3.05) is 30.8 Å². The normalized spacial score (nSPS) is 20.1. The Hall–Kier alpha value is -2.29. The molecule has 1 aromatic carbocycles. The average Bonchev–Trinajstić information content (AvgIpc) is 3.56. The number of amides is 2. The quantitative estimate of drug-likeness (QED) is 0.661. The molecule has 1 atom stereocenters. The van der Waals surface area contributed by atoms with Crippen LogP contribution in [0.2, 0.25) is 0 Å². The van der Waals surface area contributed by atoms with Crippen molar-refractivity contribution in [1.82, 2.24) is 5.32 Å². The number of thioether (sulfide) groups is 1. The number of anilines is 1. The summed E-state index contributed by atoms with van der Waals surface area (Å²) in [5, 5.41) is 6.65. The van der Waals surface area contributed by atoms with Crippen LogP contribution in [0, 0.1) is 0 Å². The van der Waals surface area contributed by atoms with Crippen molar-refractivity contribution in [3.63, 3.8) is 0 Å². The van der Waals surface area contributed by atoms with Gasteiger partial charge in [-0.25, -0.2) is 0 Å². The first-order valence-corrected chi connectivity index (χ1v) is 12.9. The molecule has 1 unspecified atom stereocenters. The van der Waals surface area contributed by atoms with E-state index in [1.807, 2.05) is 30.3 Å². The van der Waals surface area contributed by atoms with Gasteiger partial charge >= 0.3 is 0 Å². The first-order chi connectivity index (χ1) is 15.7. The topological polar surface area (TPSA) is 76.7 Å². The molecule has 6 nitrogen and oxygen atoms in total. The number of aryl methyl sites for hydroxylation is 1. The highest BCUT2D eigenvalue weighted by molar-refractivity contribution is 8.08. The van der Waals surface area contributed by atoms with E-state index in [1.165, 1.54) is 16.2 Å². The van der Waals surface area contributed by atoms with Crippen molar-refractivity contribution in [2.45, 2.75) is 38.2 Å². The second kappa shape index (κ2) is 9.68. The van der Waals surface area contributed by atoms with Crippen molar-refractivity contribution < 1.29 is 19.1 Å². The van der Waals surface area contributed by atoms with E-state index in [9.17, 15) is 9.59 Å². The van der Waals surface area contributed by atoms with Crippen molar-refractivity contribution in [2.24, 2.45) is 0 Å². The van der Waals surface area contributed by atoms with Crippen molar-refractivity contribution in [1.29, 1.82) is 0 Å². The molecule has 2 aliphatic heterocycles. The van der Waals surface area contributed by atoms with Crippen LogP contribution in [-0.4, -0.2) is 43.4 Å². The number of fused-ring (bicyclic) bond motifs is 1. The van der Waals surface area contributed by atoms with Gasteiger partial charge < -0.3 is 20.1 Å². The molecule has 8 heteroatoms. The maximum atomic E-state index is 13.3. The molecule has 1 aromatic heterocycles.